The number of unbranched alkanes of at least 4 members (excludes halogenated alkanes) is 1. The Morgan fingerprint density at radius 1 is 1.21 bits per heavy atom. The molecule has 0 fully saturated rings. The van der Waals surface area contributed by atoms with Gasteiger partial charge in [0.25, 0.3) is 0 Å². The van der Waals surface area contributed by atoms with Crippen LogP contribution in [-0.4, -0.2) is 13.7 Å². The minimum Gasteiger partial charge on any atom is -0.496 e. The standard InChI is InChI=1S/C16H26FNO/c1-12(2)8-5-6-11-18-13(3)16-14(17)9-7-10-15(16)19-4/h7,9-10,12-13,18H,5-6,8,11H2,1-4H3. The lowest BCUT2D eigenvalue weighted by Crippen LogP contribution is -2.21. The number of benzene rings is 1. The molecule has 0 saturated carbocycles. The molecule has 0 aliphatic carbocycles. The van der Waals surface area contributed by atoms with E-state index in [0.717, 1.165) is 18.9 Å². The third-order valence-electron chi connectivity index (χ3n) is 3.32. The average Bonchev–Trinajstić information content (AvgIpc) is 2.37. The quantitative estimate of drug-likeness (QED) is 0.709. The first-order valence-corrected chi connectivity index (χ1v) is 7.12. The van der Waals surface area contributed by atoms with Gasteiger partial charge in [-0.1, -0.05) is 32.8 Å². The second-order valence-electron chi connectivity index (χ2n) is 5.42. The van der Waals surface area contributed by atoms with E-state index in [2.05, 4.69) is 19.2 Å². The van der Waals surface area contributed by atoms with Gasteiger partial charge in [0.05, 0.1) is 7.11 Å². The molecular formula is C16H26FNO. The van der Waals surface area contributed by atoms with Crippen molar-refractivity contribution in [3.63, 3.8) is 0 Å². The van der Waals surface area contributed by atoms with Crippen LogP contribution in [-0.2, 0) is 0 Å². The van der Waals surface area contributed by atoms with E-state index in [1.54, 1.807) is 19.2 Å². The van der Waals surface area contributed by atoms with Crippen LogP contribution in [0.5, 0.6) is 5.75 Å². The summed E-state index contributed by atoms with van der Waals surface area (Å²) >= 11 is 0. The zero-order valence-corrected chi connectivity index (χ0v) is 12.5. The Bertz CT molecular complexity index is 379. The molecule has 0 heterocycles. The van der Waals surface area contributed by atoms with Crippen LogP contribution in [0.2, 0.25) is 0 Å². The van der Waals surface area contributed by atoms with Gasteiger partial charge in [0.2, 0.25) is 0 Å². The molecule has 0 amide bonds. The highest BCUT2D eigenvalue weighted by atomic mass is 19.1. The molecule has 0 spiro atoms. The van der Waals surface area contributed by atoms with Gasteiger partial charge in [0.15, 0.2) is 0 Å². The van der Waals surface area contributed by atoms with Crippen molar-refractivity contribution in [2.45, 2.75) is 46.1 Å². The van der Waals surface area contributed by atoms with Crippen molar-refractivity contribution in [1.82, 2.24) is 5.32 Å². The molecule has 0 radical (unpaired) electrons. The number of ether oxygens (including phenoxy) is 1. The first-order valence-electron chi connectivity index (χ1n) is 7.12. The smallest absolute Gasteiger partial charge is 0.131 e. The maximum absolute atomic E-state index is 13.8. The summed E-state index contributed by atoms with van der Waals surface area (Å²) in [5, 5.41) is 3.37. The highest BCUT2D eigenvalue weighted by Crippen LogP contribution is 2.27. The average molecular weight is 267 g/mol. The van der Waals surface area contributed by atoms with Gasteiger partial charge in [0.1, 0.15) is 11.6 Å². The molecule has 0 aliphatic heterocycles. The molecule has 1 atom stereocenters. The Balaban J connectivity index is 2.47. The van der Waals surface area contributed by atoms with Gasteiger partial charge in [-0.25, -0.2) is 4.39 Å². The van der Waals surface area contributed by atoms with Gasteiger partial charge in [-0.3, -0.25) is 0 Å². The number of halogens is 1. The van der Waals surface area contributed by atoms with E-state index < -0.39 is 0 Å². The van der Waals surface area contributed by atoms with E-state index in [1.807, 2.05) is 6.92 Å². The second-order valence-corrected chi connectivity index (χ2v) is 5.42. The predicted molar refractivity (Wildman–Crippen MR) is 78.1 cm³/mol. The van der Waals surface area contributed by atoms with E-state index >= 15 is 0 Å². The van der Waals surface area contributed by atoms with Gasteiger partial charge in [-0.2, -0.15) is 0 Å². The molecule has 1 aromatic rings. The highest BCUT2D eigenvalue weighted by molar-refractivity contribution is 5.36. The third-order valence-corrected chi connectivity index (χ3v) is 3.32. The summed E-state index contributed by atoms with van der Waals surface area (Å²) in [5.74, 6) is 1.16. The molecule has 1 unspecified atom stereocenters. The van der Waals surface area contributed by atoms with E-state index in [-0.39, 0.29) is 11.9 Å². The Morgan fingerprint density at radius 3 is 2.58 bits per heavy atom. The molecule has 3 heteroatoms. The molecule has 19 heavy (non-hydrogen) atoms. The van der Waals surface area contributed by atoms with Crippen LogP contribution >= 0.6 is 0 Å². The molecule has 0 bridgehead atoms. The summed E-state index contributed by atoms with van der Waals surface area (Å²) in [4.78, 5) is 0. The largest absolute Gasteiger partial charge is 0.496 e. The summed E-state index contributed by atoms with van der Waals surface area (Å²) in [7, 11) is 1.58. The first kappa shape index (κ1) is 16.0. The van der Waals surface area contributed by atoms with Crippen molar-refractivity contribution in [1.29, 1.82) is 0 Å². The fourth-order valence-electron chi connectivity index (χ4n) is 2.21. The Hall–Kier alpha value is -1.09. The molecule has 2 nitrogen and oxygen atoms in total. The van der Waals surface area contributed by atoms with Crippen LogP contribution < -0.4 is 10.1 Å². The summed E-state index contributed by atoms with van der Waals surface area (Å²) in [6, 6.07) is 4.92. The second kappa shape index (κ2) is 8.16. The van der Waals surface area contributed by atoms with Crippen molar-refractivity contribution >= 4 is 0 Å². The fourth-order valence-corrected chi connectivity index (χ4v) is 2.21. The molecule has 0 aromatic heterocycles. The summed E-state index contributed by atoms with van der Waals surface area (Å²) in [5.41, 5.74) is 0.619. The van der Waals surface area contributed by atoms with Crippen LogP contribution in [0.25, 0.3) is 0 Å². The van der Waals surface area contributed by atoms with Crippen molar-refractivity contribution < 1.29 is 9.13 Å². The Labute approximate surface area is 116 Å². The summed E-state index contributed by atoms with van der Waals surface area (Å²) < 4.78 is 19.1. The SMILES string of the molecule is COc1cccc(F)c1C(C)NCCCCC(C)C. The molecule has 1 rings (SSSR count). The van der Waals surface area contributed by atoms with E-state index in [9.17, 15) is 4.39 Å². The van der Waals surface area contributed by atoms with Crippen LogP contribution in [0.4, 0.5) is 4.39 Å². The van der Waals surface area contributed by atoms with E-state index in [0.29, 0.717) is 11.3 Å². The summed E-state index contributed by atoms with van der Waals surface area (Å²) in [6.45, 7) is 7.36. The van der Waals surface area contributed by atoms with Crippen LogP contribution in [0.3, 0.4) is 0 Å². The number of methoxy groups -OCH3 is 1. The summed E-state index contributed by atoms with van der Waals surface area (Å²) in [6.07, 6.45) is 3.59. The van der Waals surface area contributed by atoms with Crippen LogP contribution in [0, 0.1) is 11.7 Å². The maximum Gasteiger partial charge on any atom is 0.131 e. The highest BCUT2D eigenvalue weighted by Gasteiger charge is 2.15. The molecule has 0 saturated heterocycles. The van der Waals surface area contributed by atoms with E-state index in [1.165, 1.54) is 18.9 Å². The minimum absolute atomic E-state index is 0.0322. The first-order chi connectivity index (χ1) is 9.06. The zero-order valence-electron chi connectivity index (χ0n) is 12.5. The molecule has 1 N–H and O–H groups in total. The number of nitrogens with one attached hydrogen (secondary N) is 1. The number of hydrogen-bond donors (Lipinski definition) is 1. The molecule has 1 aromatic carbocycles. The van der Waals surface area contributed by atoms with Crippen molar-refractivity contribution in [2.24, 2.45) is 5.92 Å². The normalized spacial score (nSPS) is 12.7. The predicted octanol–water partition coefficient (Wildman–Crippen LogP) is 4.31. The molecule has 108 valence electrons. The van der Waals surface area contributed by atoms with Gasteiger partial charge < -0.3 is 10.1 Å². The van der Waals surface area contributed by atoms with Gasteiger partial charge in [0, 0.05) is 11.6 Å². The van der Waals surface area contributed by atoms with Crippen molar-refractivity contribution in [3.8, 4) is 5.75 Å². The number of hydrogen-bond acceptors (Lipinski definition) is 2. The lowest BCUT2D eigenvalue weighted by Gasteiger charge is -2.18. The van der Waals surface area contributed by atoms with E-state index in [4.69, 9.17) is 4.74 Å². The molecule has 0 aliphatic rings. The van der Waals surface area contributed by atoms with Gasteiger partial charge in [-0.05, 0) is 37.9 Å². The zero-order chi connectivity index (χ0) is 14.3. The lowest BCUT2D eigenvalue weighted by atomic mass is 10.0. The monoisotopic (exact) mass is 267 g/mol. The molecular weight excluding hydrogens is 241 g/mol. The lowest BCUT2D eigenvalue weighted by molar-refractivity contribution is 0.392. The maximum atomic E-state index is 13.8. The van der Waals surface area contributed by atoms with Gasteiger partial charge >= 0.3 is 0 Å². The minimum atomic E-state index is -0.207. The Morgan fingerprint density at radius 2 is 1.95 bits per heavy atom. The van der Waals surface area contributed by atoms with Crippen LogP contribution in [0.15, 0.2) is 18.2 Å². The Kier molecular flexibility index (Phi) is 6.85. The van der Waals surface area contributed by atoms with Crippen molar-refractivity contribution in [2.75, 3.05) is 13.7 Å². The van der Waals surface area contributed by atoms with Crippen LogP contribution in [0.1, 0.15) is 51.6 Å². The number of rotatable bonds is 8. The topological polar surface area (TPSA) is 21.3 Å². The van der Waals surface area contributed by atoms with Gasteiger partial charge in [-0.15, -0.1) is 0 Å². The van der Waals surface area contributed by atoms with Crippen molar-refractivity contribution in [3.05, 3.63) is 29.6 Å². The fraction of sp³-hybridized carbons (Fsp3) is 0.625. The third kappa shape index (κ3) is 5.19.